The molecule has 0 saturated carbocycles. The molecule has 1 rings (SSSR count). The Morgan fingerprint density at radius 2 is 2.00 bits per heavy atom. The van der Waals surface area contributed by atoms with Crippen LogP contribution in [0.3, 0.4) is 0 Å². The fourth-order valence-corrected chi connectivity index (χ4v) is 1.46. The van der Waals surface area contributed by atoms with Crippen molar-refractivity contribution in [2.24, 2.45) is 0 Å². The number of nitrogens with one attached hydrogen (secondary N) is 1. The molecule has 0 bridgehead atoms. The number of hydrogen-bond acceptors (Lipinski definition) is 3. The number of benzene rings is 1. The Bertz CT molecular complexity index is 359. The van der Waals surface area contributed by atoms with Crippen LogP contribution in [-0.2, 0) is 0 Å². The summed E-state index contributed by atoms with van der Waals surface area (Å²) in [6.45, 7) is 2.46. The number of hydrogen-bond donors (Lipinski definition) is 3. The van der Waals surface area contributed by atoms with E-state index in [1.54, 1.807) is 0 Å². The van der Waals surface area contributed by atoms with Crippen molar-refractivity contribution in [2.75, 3.05) is 6.54 Å². The molecule has 1 atom stereocenters. The van der Waals surface area contributed by atoms with Crippen LogP contribution in [0.4, 0.5) is 0 Å². The molecular weight excluding hydrogens is 274 g/mol. The monoisotopic (exact) mass is 287 g/mol. The Kier molecular flexibility index (Phi) is 4.61. The lowest BCUT2D eigenvalue weighted by Crippen LogP contribution is -2.25. The SMILES string of the molecule is CC(Br)CCNC(=O)c1c(O)cccc1O. The summed E-state index contributed by atoms with van der Waals surface area (Å²) in [5, 5.41) is 21.5. The van der Waals surface area contributed by atoms with Gasteiger partial charge in [0, 0.05) is 11.4 Å². The average Bonchev–Trinajstić information content (AvgIpc) is 2.16. The van der Waals surface area contributed by atoms with E-state index in [0.717, 1.165) is 6.42 Å². The molecule has 5 heteroatoms. The van der Waals surface area contributed by atoms with Gasteiger partial charge in [0.05, 0.1) is 0 Å². The van der Waals surface area contributed by atoms with Gasteiger partial charge in [0.15, 0.2) is 0 Å². The van der Waals surface area contributed by atoms with Crippen LogP contribution in [0.5, 0.6) is 11.5 Å². The summed E-state index contributed by atoms with van der Waals surface area (Å²) in [6.07, 6.45) is 0.778. The van der Waals surface area contributed by atoms with Gasteiger partial charge in [0.2, 0.25) is 0 Å². The van der Waals surface area contributed by atoms with Crippen LogP contribution in [0.15, 0.2) is 18.2 Å². The molecule has 1 aromatic carbocycles. The van der Waals surface area contributed by atoms with E-state index in [1.807, 2.05) is 6.92 Å². The van der Waals surface area contributed by atoms with Crippen molar-refractivity contribution in [1.29, 1.82) is 0 Å². The Balaban J connectivity index is 2.66. The molecule has 1 amide bonds. The molecule has 3 N–H and O–H groups in total. The van der Waals surface area contributed by atoms with E-state index in [-0.39, 0.29) is 17.1 Å². The summed E-state index contributed by atoms with van der Waals surface area (Å²) >= 11 is 3.36. The minimum Gasteiger partial charge on any atom is -0.507 e. The zero-order valence-corrected chi connectivity index (χ0v) is 10.5. The molecule has 4 nitrogen and oxygen atoms in total. The first-order chi connectivity index (χ1) is 7.52. The van der Waals surface area contributed by atoms with E-state index >= 15 is 0 Å². The summed E-state index contributed by atoms with van der Waals surface area (Å²) in [5.41, 5.74) is -0.0790. The second-order valence-electron chi connectivity index (χ2n) is 3.50. The molecule has 88 valence electrons. The van der Waals surface area contributed by atoms with Gasteiger partial charge in [-0.1, -0.05) is 28.9 Å². The van der Waals surface area contributed by atoms with E-state index in [4.69, 9.17) is 0 Å². The number of carbonyl (C=O) groups is 1. The molecule has 0 saturated heterocycles. The molecule has 0 aliphatic heterocycles. The lowest BCUT2D eigenvalue weighted by Gasteiger charge is -2.08. The van der Waals surface area contributed by atoms with Crippen molar-refractivity contribution >= 4 is 21.8 Å². The van der Waals surface area contributed by atoms with Crippen LogP contribution in [0.2, 0.25) is 0 Å². The first-order valence-corrected chi connectivity index (χ1v) is 5.87. The average molecular weight is 288 g/mol. The highest BCUT2D eigenvalue weighted by Gasteiger charge is 2.15. The quantitative estimate of drug-likeness (QED) is 0.742. The van der Waals surface area contributed by atoms with Gasteiger partial charge in [-0.2, -0.15) is 0 Å². The number of alkyl halides is 1. The zero-order chi connectivity index (χ0) is 12.1. The molecule has 0 aliphatic rings. The highest BCUT2D eigenvalue weighted by atomic mass is 79.9. The minimum absolute atomic E-state index is 0.0790. The van der Waals surface area contributed by atoms with E-state index in [9.17, 15) is 15.0 Å². The van der Waals surface area contributed by atoms with Gasteiger partial charge in [-0.25, -0.2) is 0 Å². The number of halogens is 1. The Labute approximate surface area is 102 Å². The molecule has 0 radical (unpaired) electrons. The van der Waals surface area contributed by atoms with Crippen molar-refractivity contribution in [2.45, 2.75) is 18.2 Å². The van der Waals surface area contributed by atoms with Crippen molar-refractivity contribution in [3.63, 3.8) is 0 Å². The van der Waals surface area contributed by atoms with E-state index in [2.05, 4.69) is 21.2 Å². The van der Waals surface area contributed by atoms with Crippen molar-refractivity contribution in [3.8, 4) is 11.5 Å². The Morgan fingerprint density at radius 1 is 1.44 bits per heavy atom. The third-order valence-corrected chi connectivity index (χ3v) is 2.53. The predicted molar refractivity (Wildman–Crippen MR) is 65.1 cm³/mol. The number of aromatic hydroxyl groups is 2. The first-order valence-electron chi connectivity index (χ1n) is 4.95. The van der Waals surface area contributed by atoms with Crippen LogP contribution < -0.4 is 5.32 Å². The first kappa shape index (κ1) is 12.8. The molecular formula is C11H14BrNO3. The molecule has 1 unspecified atom stereocenters. The van der Waals surface area contributed by atoms with Crippen molar-refractivity contribution in [1.82, 2.24) is 5.32 Å². The number of carbonyl (C=O) groups excluding carboxylic acids is 1. The van der Waals surface area contributed by atoms with Gasteiger partial charge in [-0.3, -0.25) is 4.79 Å². The van der Waals surface area contributed by atoms with Crippen molar-refractivity contribution in [3.05, 3.63) is 23.8 Å². The lowest BCUT2D eigenvalue weighted by molar-refractivity contribution is 0.0948. The van der Waals surface area contributed by atoms with Gasteiger partial charge >= 0.3 is 0 Å². The maximum atomic E-state index is 11.6. The third-order valence-electron chi connectivity index (χ3n) is 2.08. The second kappa shape index (κ2) is 5.75. The van der Waals surface area contributed by atoms with Gasteiger partial charge in [-0.15, -0.1) is 0 Å². The van der Waals surface area contributed by atoms with Crippen LogP contribution in [-0.4, -0.2) is 27.5 Å². The van der Waals surface area contributed by atoms with E-state index in [0.29, 0.717) is 11.4 Å². The topological polar surface area (TPSA) is 69.6 Å². The van der Waals surface area contributed by atoms with Crippen LogP contribution in [0, 0.1) is 0 Å². The Hall–Kier alpha value is -1.23. The van der Waals surface area contributed by atoms with Gasteiger partial charge in [0.1, 0.15) is 17.1 Å². The van der Waals surface area contributed by atoms with Crippen LogP contribution in [0.25, 0.3) is 0 Å². The summed E-state index contributed by atoms with van der Waals surface area (Å²) in [6, 6.07) is 4.20. The highest BCUT2D eigenvalue weighted by molar-refractivity contribution is 9.09. The molecule has 0 fully saturated rings. The zero-order valence-electron chi connectivity index (χ0n) is 8.90. The number of phenolic OH excluding ortho intramolecular Hbond substituents is 2. The van der Waals surface area contributed by atoms with Gasteiger partial charge in [-0.05, 0) is 18.6 Å². The van der Waals surface area contributed by atoms with Gasteiger partial charge in [0.25, 0.3) is 5.91 Å². The van der Waals surface area contributed by atoms with E-state index in [1.165, 1.54) is 18.2 Å². The fourth-order valence-electron chi connectivity index (χ4n) is 1.23. The lowest BCUT2D eigenvalue weighted by atomic mass is 10.1. The maximum absolute atomic E-state index is 11.6. The fraction of sp³-hybridized carbons (Fsp3) is 0.364. The number of amides is 1. The highest BCUT2D eigenvalue weighted by Crippen LogP contribution is 2.25. The number of rotatable bonds is 4. The molecule has 0 heterocycles. The van der Waals surface area contributed by atoms with Gasteiger partial charge < -0.3 is 15.5 Å². The predicted octanol–water partition coefficient (Wildman–Crippen LogP) is 2.00. The number of phenols is 2. The molecule has 0 spiro atoms. The summed E-state index contributed by atoms with van der Waals surface area (Å²) in [5.74, 6) is -0.905. The van der Waals surface area contributed by atoms with E-state index < -0.39 is 5.91 Å². The molecule has 0 aromatic heterocycles. The second-order valence-corrected chi connectivity index (χ2v) is 5.06. The summed E-state index contributed by atoms with van der Waals surface area (Å²) in [7, 11) is 0. The van der Waals surface area contributed by atoms with Crippen molar-refractivity contribution < 1.29 is 15.0 Å². The summed E-state index contributed by atoms with van der Waals surface area (Å²) < 4.78 is 0. The normalized spacial score (nSPS) is 12.1. The standard InChI is InChI=1S/C11H14BrNO3/c1-7(12)5-6-13-11(16)10-8(14)3-2-4-9(10)15/h2-4,7,14-15H,5-6H2,1H3,(H,13,16). The molecule has 1 aromatic rings. The molecule has 0 aliphatic carbocycles. The summed E-state index contributed by atoms with van der Waals surface area (Å²) in [4.78, 5) is 11.9. The molecule has 16 heavy (non-hydrogen) atoms. The van der Waals surface area contributed by atoms with Crippen LogP contribution in [0.1, 0.15) is 23.7 Å². The van der Waals surface area contributed by atoms with Crippen LogP contribution >= 0.6 is 15.9 Å². The smallest absolute Gasteiger partial charge is 0.258 e. The largest absolute Gasteiger partial charge is 0.507 e. The maximum Gasteiger partial charge on any atom is 0.258 e. The Morgan fingerprint density at radius 3 is 2.50 bits per heavy atom. The minimum atomic E-state index is -0.469. The third kappa shape index (κ3) is 3.41.